The van der Waals surface area contributed by atoms with Crippen LogP contribution in [0.15, 0.2) is 42.5 Å². The minimum absolute atomic E-state index is 0.114. The molecule has 1 saturated carbocycles. The standard InChI is InChI=1S/C18H22O/c1-2-18(11-5-6-12-18)17(19)16-10-9-14-7-3-4-8-15(14)13-16/h3-4,7-10,13,17,19H,2,5-6,11-12H2,1H3. The lowest BCUT2D eigenvalue weighted by Gasteiger charge is -2.33. The van der Waals surface area contributed by atoms with E-state index in [1.54, 1.807) is 0 Å². The zero-order valence-electron chi connectivity index (χ0n) is 11.6. The van der Waals surface area contributed by atoms with Crippen molar-refractivity contribution in [2.45, 2.75) is 45.1 Å². The Labute approximate surface area is 115 Å². The van der Waals surface area contributed by atoms with Crippen molar-refractivity contribution in [2.75, 3.05) is 0 Å². The zero-order chi connectivity index (χ0) is 13.3. The van der Waals surface area contributed by atoms with Gasteiger partial charge in [0, 0.05) is 5.41 Å². The van der Waals surface area contributed by atoms with Gasteiger partial charge in [0.05, 0.1) is 6.10 Å². The van der Waals surface area contributed by atoms with Gasteiger partial charge in [-0.2, -0.15) is 0 Å². The molecule has 1 fully saturated rings. The van der Waals surface area contributed by atoms with E-state index in [0.29, 0.717) is 0 Å². The summed E-state index contributed by atoms with van der Waals surface area (Å²) in [5.74, 6) is 0. The summed E-state index contributed by atoms with van der Waals surface area (Å²) < 4.78 is 0. The highest BCUT2D eigenvalue weighted by atomic mass is 16.3. The third-order valence-electron chi connectivity index (χ3n) is 4.97. The van der Waals surface area contributed by atoms with Crippen LogP contribution in [0, 0.1) is 5.41 Å². The van der Waals surface area contributed by atoms with Crippen molar-refractivity contribution in [2.24, 2.45) is 5.41 Å². The molecule has 3 rings (SSSR count). The van der Waals surface area contributed by atoms with Crippen molar-refractivity contribution in [3.8, 4) is 0 Å². The van der Waals surface area contributed by atoms with Crippen LogP contribution in [0.25, 0.3) is 10.8 Å². The highest BCUT2D eigenvalue weighted by Crippen LogP contribution is 2.50. The van der Waals surface area contributed by atoms with Crippen LogP contribution in [-0.4, -0.2) is 5.11 Å². The van der Waals surface area contributed by atoms with Crippen LogP contribution in [0.3, 0.4) is 0 Å². The smallest absolute Gasteiger partial charge is 0.0846 e. The number of aliphatic hydroxyl groups is 1. The summed E-state index contributed by atoms with van der Waals surface area (Å²) in [5.41, 5.74) is 1.20. The van der Waals surface area contributed by atoms with Gasteiger partial charge in [-0.05, 0) is 41.7 Å². The van der Waals surface area contributed by atoms with Gasteiger partial charge in [0.2, 0.25) is 0 Å². The molecule has 1 nitrogen and oxygen atoms in total. The van der Waals surface area contributed by atoms with Gasteiger partial charge >= 0.3 is 0 Å². The van der Waals surface area contributed by atoms with Crippen molar-refractivity contribution in [1.82, 2.24) is 0 Å². The Morgan fingerprint density at radius 1 is 1.05 bits per heavy atom. The molecule has 100 valence electrons. The quantitative estimate of drug-likeness (QED) is 0.830. The Balaban J connectivity index is 1.99. The fraction of sp³-hybridized carbons (Fsp3) is 0.444. The second-order valence-corrected chi connectivity index (χ2v) is 5.93. The van der Waals surface area contributed by atoms with E-state index in [4.69, 9.17) is 0 Å². The van der Waals surface area contributed by atoms with E-state index in [2.05, 4.69) is 49.4 Å². The summed E-state index contributed by atoms with van der Waals surface area (Å²) in [6.07, 6.45) is 5.61. The normalized spacial score (nSPS) is 19.7. The predicted molar refractivity (Wildman–Crippen MR) is 80.1 cm³/mol. The number of benzene rings is 2. The molecule has 1 N–H and O–H groups in total. The molecule has 0 radical (unpaired) electrons. The maximum atomic E-state index is 10.8. The molecule has 1 atom stereocenters. The average molecular weight is 254 g/mol. The molecule has 2 aromatic carbocycles. The van der Waals surface area contributed by atoms with Gasteiger partial charge in [0.15, 0.2) is 0 Å². The van der Waals surface area contributed by atoms with Gasteiger partial charge in [-0.1, -0.05) is 56.2 Å². The van der Waals surface area contributed by atoms with E-state index in [-0.39, 0.29) is 11.5 Å². The third kappa shape index (κ3) is 2.17. The molecule has 0 amide bonds. The Bertz CT molecular complexity index is 567. The van der Waals surface area contributed by atoms with Crippen molar-refractivity contribution in [3.63, 3.8) is 0 Å². The molecular formula is C18H22O. The summed E-state index contributed by atoms with van der Waals surface area (Å²) in [6, 6.07) is 14.8. The monoisotopic (exact) mass is 254 g/mol. The predicted octanol–water partition coefficient (Wildman–Crippen LogP) is 4.84. The second-order valence-electron chi connectivity index (χ2n) is 5.93. The van der Waals surface area contributed by atoms with E-state index in [1.807, 2.05) is 0 Å². The van der Waals surface area contributed by atoms with Crippen molar-refractivity contribution in [1.29, 1.82) is 0 Å². The van der Waals surface area contributed by atoms with Crippen LogP contribution < -0.4 is 0 Å². The SMILES string of the molecule is CCC1(C(O)c2ccc3ccccc3c2)CCCC1. The minimum atomic E-state index is -0.315. The second kappa shape index (κ2) is 4.97. The van der Waals surface area contributed by atoms with E-state index in [1.165, 1.54) is 23.6 Å². The number of hydrogen-bond donors (Lipinski definition) is 1. The average Bonchev–Trinajstić information content (AvgIpc) is 2.96. The maximum absolute atomic E-state index is 10.8. The lowest BCUT2D eigenvalue weighted by Crippen LogP contribution is -2.25. The lowest BCUT2D eigenvalue weighted by molar-refractivity contribution is 0.0239. The van der Waals surface area contributed by atoms with Crippen LogP contribution in [0.2, 0.25) is 0 Å². The number of aliphatic hydroxyl groups excluding tert-OH is 1. The molecule has 0 aliphatic heterocycles. The van der Waals surface area contributed by atoms with Crippen LogP contribution in [0.1, 0.15) is 50.7 Å². The first-order valence-electron chi connectivity index (χ1n) is 7.42. The molecule has 0 heterocycles. The summed E-state index contributed by atoms with van der Waals surface area (Å²) >= 11 is 0. The summed E-state index contributed by atoms with van der Waals surface area (Å²) in [7, 11) is 0. The van der Waals surface area contributed by atoms with E-state index in [9.17, 15) is 5.11 Å². The van der Waals surface area contributed by atoms with Crippen molar-refractivity contribution < 1.29 is 5.11 Å². The number of hydrogen-bond acceptors (Lipinski definition) is 1. The van der Waals surface area contributed by atoms with Crippen LogP contribution in [-0.2, 0) is 0 Å². The highest BCUT2D eigenvalue weighted by molar-refractivity contribution is 5.83. The van der Waals surface area contributed by atoms with Gasteiger partial charge in [0.25, 0.3) is 0 Å². The first kappa shape index (κ1) is 12.7. The molecule has 1 aliphatic rings. The molecule has 1 unspecified atom stereocenters. The summed E-state index contributed by atoms with van der Waals surface area (Å²) in [5, 5.41) is 13.3. The molecular weight excluding hydrogens is 232 g/mol. The minimum Gasteiger partial charge on any atom is -0.388 e. The Morgan fingerprint density at radius 3 is 2.42 bits per heavy atom. The van der Waals surface area contributed by atoms with Crippen molar-refractivity contribution >= 4 is 10.8 Å². The van der Waals surface area contributed by atoms with Gasteiger partial charge in [-0.25, -0.2) is 0 Å². The van der Waals surface area contributed by atoms with E-state index >= 15 is 0 Å². The van der Waals surface area contributed by atoms with E-state index < -0.39 is 0 Å². The summed E-state index contributed by atoms with van der Waals surface area (Å²) in [4.78, 5) is 0. The van der Waals surface area contributed by atoms with Gasteiger partial charge in [0.1, 0.15) is 0 Å². The fourth-order valence-electron chi connectivity index (χ4n) is 3.63. The maximum Gasteiger partial charge on any atom is 0.0846 e. The topological polar surface area (TPSA) is 20.2 Å². The molecule has 0 aromatic heterocycles. The van der Waals surface area contributed by atoms with Gasteiger partial charge in [-0.15, -0.1) is 0 Å². The fourth-order valence-corrected chi connectivity index (χ4v) is 3.63. The Kier molecular flexibility index (Phi) is 3.32. The molecule has 1 aliphatic carbocycles. The molecule has 19 heavy (non-hydrogen) atoms. The largest absolute Gasteiger partial charge is 0.388 e. The van der Waals surface area contributed by atoms with Gasteiger partial charge in [-0.3, -0.25) is 0 Å². The third-order valence-corrected chi connectivity index (χ3v) is 4.97. The van der Waals surface area contributed by atoms with Gasteiger partial charge < -0.3 is 5.11 Å². The van der Waals surface area contributed by atoms with Crippen molar-refractivity contribution in [3.05, 3.63) is 48.0 Å². The van der Waals surface area contributed by atoms with E-state index in [0.717, 1.165) is 24.8 Å². The highest BCUT2D eigenvalue weighted by Gasteiger charge is 2.39. The Hall–Kier alpha value is -1.34. The molecule has 0 bridgehead atoms. The number of rotatable bonds is 3. The lowest BCUT2D eigenvalue weighted by atomic mass is 9.75. The molecule has 0 spiro atoms. The molecule has 1 heteroatoms. The zero-order valence-corrected chi connectivity index (χ0v) is 11.6. The number of fused-ring (bicyclic) bond motifs is 1. The molecule has 2 aromatic rings. The Morgan fingerprint density at radius 2 is 1.74 bits per heavy atom. The van der Waals surface area contributed by atoms with Crippen LogP contribution >= 0.6 is 0 Å². The van der Waals surface area contributed by atoms with Crippen LogP contribution in [0.5, 0.6) is 0 Å². The molecule has 0 saturated heterocycles. The van der Waals surface area contributed by atoms with Crippen LogP contribution in [0.4, 0.5) is 0 Å². The summed E-state index contributed by atoms with van der Waals surface area (Å²) in [6.45, 7) is 2.22. The first-order valence-corrected chi connectivity index (χ1v) is 7.42. The first-order chi connectivity index (χ1) is 9.25.